The average Bonchev–Trinajstić information content (AvgIpc) is 3.09. The summed E-state index contributed by atoms with van der Waals surface area (Å²) in [5.41, 5.74) is 5.34. The van der Waals surface area contributed by atoms with Gasteiger partial charge in [0.05, 0.1) is 5.69 Å². The van der Waals surface area contributed by atoms with E-state index in [2.05, 4.69) is 15.3 Å². The number of hydrogen-bond acceptors (Lipinski definition) is 3. The molecule has 0 bridgehead atoms. The number of anilines is 1. The van der Waals surface area contributed by atoms with Crippen molar-refractivity contribution in [2.45, 2.75) is 19.8 Å². The van der Waals surface area contributed by atoms with Crippen LogP contribution in [0.15, 0.2) is 73.2 Å². The third-order valence-electron chi connectivity index (χ3n) is 4.52. The number of carbonyl (C=O) groups is 1. The van der Waals surface area contributed by atoms with Gasteiger partial charge in [0.1, 0.15) is 11.3 Å². The third-order valence-corrected chi connectivity index (χ3v) is 4.52. The number of amides is 1. The quantitative estimate of drug-likeness (QED) is 0.585. The molecule has 0 aliphatic heterocycles. The number of fused-ring (bicyclic) bond motifs is 1. The SMILES string of the molecule is CCc1nc2ccccn2c1C(=O)Nc1ccc(Cc2ccncc2)cc1. The second-order valence-corrected chi connectivity index (χ2v) is 6.37. The maximum atomic E-state index is 12.9. The number of carbonyl (C=O) groups excluding carboxylic acids is 1. The van der Waals surface area contributed by atoms with Crippen molar-refractivity contribution in [2.24, 2.45) is 0 Å². The van der Waals surface area contributed by atoms with Crippen LogP contribution in [0.1, 0.15) is 34.2 Å². The second-order valence-electron chi connectivity index (χ2n) is 6.37. The first-order valence-electron chi connectivity index (χ1n) is 8.99. The molecule has 0 atom stereocenters. The van der Waals surface area contributed by atoms with Crippen LogP contribution in [-0.2, 0) is 12.8 Å². The largest absolute Gasteiger partial charge is 0.321 e. The van der Waals surface area contributed by atoms with Crippen LogP contribution in [0.3, 0.4) is 0 Å². The number of rotatable bonds is 5. The number of aryl methyl sites for hydroxylation is 1. The molecule has 0 fully saturated rings. The molecule has 0 saturated carbocycles. The molecule has 27 heavy (non-hydrogen) atoms. The summed E-state index contributed by atoms with van der Waals surface area (Å²) in [5, 5.41) is 2.99. The van der Waals surface area contributed by atoms with Crippen LogP contribution in [0.4, 0.5) is 5.69 Å². The fourth-order valence-corrected chi connectivity index (χ4v) is 3.16. The molecular formula is C22H20N4O. The smallest absolute Gasteiger partial charge is 0.274 e. The molecule has 0 spiro atoms. The van der Waals surface area contributed by atoms with E-state index in [1.807, 2.05) is 72.1 Å². The molecule has 4 aromatic rings. The summed E-state index contributed by atoms with van der Waals surface area (Å²) < 4.78 is 1.84. The molecule has 0 unspecified atom stereocenters. The van der Waals surface area contributed by atoms with Crippen LogP contribution in [0, 0.1) is 0 Å². The molecule has 1 N–H and O–H groups in total. The highest BCUT2D eigenvalue weighted by molar-refractivity contribution is 6.04. The molecule has 0 aliphatic rings. The molecule has 3 heterocycles. The summed E-state index contributed by atoms with van der Waals surface area (Å²) in [6, 6.07) is 17.7. The van der Waals surface area contributed by atoms with Gasteiger partial charge in [-0.15, -0.1) is 0 Å². The highest BCUT2D eigenvalue weighted by Gasteiger charge is 2.18. The molecule has 0 saturated heterocycles. The molecule has 134 valence electrons. The summed E-state index contributed by atoms with van der Waals surface area (Å²) in [7, 11) is 0. The zero-order valence-electron chi connectivity index (χ0n) is 15.1. The maximum absolute atomic E-state index is 12.9. The van der Waals surface area contributed by atoms with Crippen molar-refractivity contribution < 1.29 is 4.79 Å². The van der Waals surface area contributed by atoms with E-state index in [-0.39, 0.29) is 5.91 Å². The Bertz CT molecular complexity index is 1070. The van der Waals surface area contributed by atoms with Gasteiger partial charge in [-0.2, -0.15) is 0 Å². The molecule has 1 amide bonds. The molecule has 5 nitrogen and oxygen atoms in total. The zero-order chi connectivity index (χ0) is 18.6. The van der Waals surface area contributed by atoms with Gasteiger partial charge in [-0.3, -0.25) is 14.2 Å². The Kier molecular flexibility index (Phi) is 4.66. The molecule has 0 radical (unpaired) electrons. The number of pyridine rings is 2. The van der Waals surface area contributed by atoms with E-state index in [9.17, 15) is 4.79 Å². The van der Waals surface area contributed by atoms with Crippen molar-refractivity contribution in [3.63, 3.8) is 0 Å². The van der Waals surface area contributed by atoms with E-state index in [4.69, 9.17) is 0 Å². The molecule has 3 aromatic heterocycles. The van der Waals surface area contributed by atoms with Gasteiger partial charge in [-0.25, -0.2) is 4.98 Å². The highest BCUT2D eigenvalue weighted by atomic mass is 16.2. The van der Waals surface area contributed by atoms with Crippen LogP contribution in [0.2, 0.25) is 0 Å². The van der Waals surface area contributed by atoms with Gasteiger partial charge in [-0.05, 0) is 60.4 Å². The fraction of sp³-hybridized carbons (Fsp3) is 0.136. The molecular weight excluding hydrogens is 336 g/mol. The van der Waals surface area contributed by atoms with Gasteiger partial charge in [0.15, 0.2) is 0 Å². The van der Waals surface area contributed by atoms with Crippen molar-refractivity contribution in [2.75, 3.05) is 5.32 Å². The number of nitrogens with zero attached hydrogens (tertiary/aromatic N) is 3. The summed E-state index contributed by atoms with van der Waals surface area (Å²) in [6.45, 7) is 2.01. The van der Waals surface area contributed by atoms with Crippen LogP contribution in [-0.4, -0.2) is 20.3 Å². The van der Waals surface area contributed by atoms with E-state index < -0.39 is 0 Å². The Hall–Kier alpha value is -3.47. The first-order chi connectivity index (χ1) is 13.2. The molecule has 0 aliphatic carbocycles. The van der Waals surface area contributed by atoms with E-state index in [0.717, 1.165) is 23.4 Å². The van der Waals surface area contributed by atoms with Crippen LogP contribution in [0.25, 0.3) is 5.65 Å². The number of nitrogens with one attached hydrogen (secondary N) is 1. The lowest BCUT2D eigenvalue weighted by Crippen LogP contribution is -2.16. The number of benzene rings is 1. The van der Waals surface area contributed by atoms with E-state index >= 15 is 0 Å². The van der Waals surface area contributed by atoms with Crippen molar-refractivity contribution in [3.05, 3.63) is 95.7 Å². The molecule has 1 aromatic carbocycles. The van der Waals surface area contributed by atoms with Crippen LogP contribution >= 0.6 is 0 Å². The fourth-order valence-electron chi connectivity index (χ4n) is 3.16. The van der Waals surface area contributed by atoms with Gasteiger partial charge in [-0.1, -0.05) is 25.1 Å². The first-order valence-corrected chi connectivity index (χ1v) is 8.99. The van der Waals surface area contributed by atoms with Gasteiger partial charge in [0.2, 0.25) is 0 Å². The zero-order valence-corrected chi connectivity index (χ0v) is 15.1. The predicted molar refractivity (Wildman–Crippen MR) is 106 cm³/mol. The first kappa shape index (κ1) is 17.0. The van der Waals surface area contributed by atoms with Gasteiger partial charge in [0, 0.05) is 24.3 Å². The maximum Gasteiger partial charge on any atom is 0.274 e. The molecule has 5 heteroatoms. The van der Waals surface area contributed by atoms with Gasteiger partial charge < -0.3 is 5.32 Å². The van der Waals surface area contributed by atoms with E-state index in [1.54, 1.807) is 12.4 Å². The third kappa shape index (κ3) is 3.58. The highest BCUT2D eigenvalue weighted by Crippen LogP contribution is 2.17. The minimum atomic E-state index is -0.146. The summed E-state index contributed by atoms with van der Waals surface area (Å²) in [5.74, 6) is -0.146. The van der Waals surface area contributed by atoms with Gasteiger partial charge in [0.25, 0.3) is 5.91 Å². The number of imidazole rings is 1. The Morgan fingerprint density at radius 2 is 1.74 bits per heavy atom. The van der Waals surface area contributed by atoms with Crippen molar-refractivity contribution in [3.8, 4) is 0 Å². The Balaban J connectivity index is 1.53. The van der Waals surface area contributed by atoms with Crippen molar-refractivity contribution in [1.82, 2.24) is 14.4 Å². The van der Waals surface area contributed by atoms with Crippen LogP contribution < -0.4 is 5.32 Å². The number of aromatic nitrogens is 3. The molecule has 4 rings (SSSR count). The monoisotopic (exact) mass is 356 g/mol. The summed E-state index contributed by atoms with van der Waals surface area (Å²) >= 11 is 0. The summed E-state index contributed by atoms with van der Waals surface area (Å²) in [4.78, 5) is 21.5. The van der Waals surface area contributed by atoms with E-state index in [1.165, 1.54) is 11.1 Å². The second kappa shape index (κ2) is 7.41. The van der Waals surface area contributed by atoms with Crippen LogP contribution in [0.5, 0.6) is 0 Å². The minimum absolute atomic E-state index is 0.146. The summed E-state index contributed by atoms with van der Waals surface area (Å²) in [6.07, 6.45) is 7.00. The Morgan fingerprint density at radius 1 is 1.00 bits per heavy atom. The topological polar surface area (TPSA) is 59.3 Å². The normalized spacial score (nSPS) is 10.9. The van der Waals surface area contributed by atoms with E-state index in [0.29, 0.717) is 12.1 Å². The lowest BCUT2D eigenvalue weighted by molar-refractivity contribution is 0.102. The van der Waals surface area contributed by atoms with Gasteiger partial charge >= 0.3 is 0 Å². The predicted octanol–water partition coefficient (Wildman–Crippen LogP) is 4.13. The van der Waals surface area contributed by atoms with Crippen molar-refractivity contribution >= 4 is 17.2 Å². The van der Waals surface area contributed by atoms with Crippen molar-refractivity contribution in [1.29, 1.82) is 0 Å². The lowest BCUT2D eigenvalue weighted by Gasteiger charge is -2.08. The lowest BCUT2D eigenvalue weighted by atomic mass is 10.1. The Labute approximate surface area is 157 Å². The minimum Gasteiger partial charge on any atom is -0.321 e. The number of hydrogen-bond donors (Lipinski definition) is 1. The standard InChI is InChI=1S/C22H20N4O/c1-2-19-21(26-14-4-3-5-20(26)25-19)22(27)24-18-8-6-16(7-9-18)15-17-10-12-23-13-11-17/h3-14H,2,15H2,1H3,(H,24,27). The Morgan fingerprint density at radius 3 is 2.48 bits per heavy atom. The average molecular weight is 356 g/mol.